The Labute approximate surface area is 149 Å². The molecule has 3 rings (SSSR count). The van der Waals surface area contributed by atoms with Crippen LogP contribution in [0.5, 0.6) is 0 Å². The number of likely N-dealkylation sites (tertiary alicyclic amines) is 2. The van der Waals surface area contributed by atoms with Gasteiger partial charge in [-0.25, -0.2) is 0 Å². The van der Waals surface area contributed by atoms with Crippen LogP contribution in [-0.2, 0) is 4.79 Å². The lowest BCUT2D eigenvalue weighted by Gasteiger charge is -2.37. The molecule has 134 valence electrons. The van der Waals surface area contributed by atoms with E-state index >= 15 is 0 Å². The lowest BCUT2D eigenvalue weighted by atomic mass is 10.0. The molecule has 1 N–H and O–H groups in total. The van der Waals surface area contributed by atoms with E-state index in [-0.39, 0.29) is 11.8 Å². The van der Waals surface area contributed by atoms with Gasteiger partial charge in [0.1, 0.15) is 0 Å². The number of piperidine rings is 1. The van der Waals surface area contributed by atoms with Crippen LogP contribution in [0.2, 0.25) is 0 Å². The van der Waals surface area contributed by atoms with Crippen molar-refractivity contribution in [2.24, 2.45) is 0 Å². The Bertz CT molecular complexity index is 633. The van der Waals surface area contributed by atoms with E-state index < -0.39 is 0 Å². The fourth-order valence-electron chi connectivity index (χ4n) is 3.72. The third-order valence-corrected chi connectivity index (χ3v) is 5.18. The molecule has 0 spiro atoms. The molecule has 25 heavy (non-hydrogen) atoms. The summed E-state index contributed by atoms with van der Waals surface area (Å²) in [5.41, 5.74) is 1.55. The van der Waals surface area contributed by atoms with Gasteiger partial charge in [0.15, 0.2) is 0 Å². The van der Waals surface area contributed by atoms with E-state index in [0.29, 0.717) is 11.6 Å². The van der Waals surface area contributed by atoms with Crippen LogP contribution >= 0.6 is 0 Å². The van der Waals surface area contributed by atoms with Gasteiger partial charge >= 0.3 is 0 Å². The quantitative estimate of drug-likeness (QED) is 0.854. The monoisotopic (exact) mass is 341 g/mol. The number of nitrogens with one attached hydrogen (secondary N) is 1. The highest BCUT2D eigenvalue weighted by Crippen LogP contribution is 2.20. The summed E-state index contributed by atoms with van der Waals surface area (Å²) in [5.74, 6) is -0.0212. The Morgan fingerprint density at radius 3 is 2.48 bits per heavy atom. The van der Waals surface area contributed by atoms with Gasteiger partial charge in [0.05, 0.1) is 0 Å². The third kappa shape index (κ3) is 4.48. The summed E-state index contributed by atoms with van der Waals surface area (Å²) in [6, 6.07) is 7.79. The van der Waals surface area contributed by atoms with E-state index in [0.717, 1.165) is 25.1 Å². The fraction of sp³-hybridized carbons (Fsp3) is 0.500. The molecule has 2 fully saturated rings. The van der Waals surface area contributed by atoms with E-state index in [2.05, 4.69) is 10.2 Å². The van der Waals surface area contributed by atoms with Crippen LogP contribution in [0.25, 0.3) is 6.08 Å². The van der Waals surface area contributed by atoms with Crippen molar-refractivity contribution in [3.8, 4) is 0 Å². The van der Waals surface area contributed by atoms with Crippen molar-refractivity contribution in [2.45, 2.75) is 31.7 Å². The summed E-state index contributed by atoms with van der Waals surface area (Å²) in [4.78, 5) is 28.6. The second-order valence-corrected chi connectivity index (χ2v) is 6.86. The van der Waals surface area contributed by atoms with Crippen molar-refractivity contribution in [2.75, 3.05) is 33.2 Å². The molecule has 0 bridgehead atoms. The zero-order valence-corrected chi connectivity index (χ0v) is 14.9. The van der Waals surface area contributed by atoms with Gasteiger partial charge in [-0.3, -0.25) is 14.5 Å². The Morgan fingerprint density at radius 1 is 1.08 bits per heavy atom. The van der Waals surface area contributed by atoms with Crippen LogP contribution in [0.1, 0.15) is 41.6 Å². The van der Waals surface area contributed by atoms with Crippen LogP contribution in [0.15, 0.2) is 30.3 Å². The Morgan fingerprint density at radius 2 is 1.80 bits per heavy atom. The summed E-state index contributed by atoms with van der Waals surface area (Å²) in [5, 5.41) is 2.60. The van der Waals surface area contributed by atoms with Crippen molar-refractivity contribution < 1.29 is 9.59 Å². The smallest absolute Gasteiger partial charge is 0.251 e. The highest BCUT2D eigenvalue weighted by molar-refractivity contribution is 5.94. The second kappa shape index (κ2) is 8.30. The van der Waals surface area contributed by atoms with Crippen molar-refractivity contribution in [1.29, 1.82) is 0 Å². The van der Waals surface area contributed by atoms with Gasteiger partial charge in [0, 0.05) is 37.8 Å². The van der Waals surface area contributed by atoms with Crippen LogP contribution < -0.4 is 5.32 Å². The van der Waals surface area contributed by atoms with Gasteiger partial charge in [-0.05, 0) is 62.5 Å². The summed E-state index contributed by atoms with van der Waals surface area (Å²) >= 11 is 0. The number of carbonyl (C=O) groups is 2. The summed E-state index contributed by atoms with van der Waals surface area (Å²) < 4.78 is 0. The minimum Gasteiger partial charge on any atom is -0.355 e. The predicted molar refractivity (Wildman–Crippen MR) is 99.3 cm³/mol. The van der Waals surface area contributed by atoms with Gasteiger partial charge < -0.3 is 10.2 Å². The van der Waals surface area contributed by atoms with Gasteiger partial charge in [0.2, 0.25) is 5.91 Å². The van der Waals surface area contributed by atoms with E-state index in [1.165, 1.54) is 32.4 Å². The Hall–Kier alpha value is -2.14. The lowest BCUT2D eigenvalue weighted by molar-refractivity contribution is -0.127. The van der Waals surface area contributed by atoms with Gasteiger partial charge in [-0.15, -0.1) is 0 Å². The average Bonchev–Trinajstić information content (AvgIpc) is 3.21. The van der Waals surface area contributed by atoms with Gasteiger partial charge in [0.25, 0.3) is 5.91 Å². The van der Waals surface area contributed by atoms with Crippen LogP contribution in [0.4, 0.5) is 0 Å². The molecule has 2 saturated heterocycles. The van der Waals surface area contributed by atoms with Crippen LogP contribution in [0, 0.1) is 0 Å². The molecule has 1 aromatic carbocycles. The molecule has 2 aliphatic rings. The van der Waals surface area contributed by atoms with Gasteiger partial charge in [-0.2, -0.15) is 0 Å². The van der Waals surface area contributed by atoms with E-state index in [1.807, 2.05) is 23.1 Å². The summed E-state index contributed by atoms with van der Waals surface area (Å²) in [6.45, 7) is 4.06. The normalized spacial score (nSPS) is 21.6. The van der Waals surface area contributed by atoms with Crippen LogP contribution in [0.3, 0.4) is 0 Å². The number of nitrogens with zero attached hydrogens (tertiary/aromatic N) is 2. The molecule has 0 radical (unpaired) electrons. The topological polar surface area (TPSA) is 52.7 Å². The van der Waals surface area contributed by atoms with Crippen molar-refractivity contribution in [3.63, 3.8) is 0 Å². The summed E-state index contributed by atoms with van der Waals surface area (Å²) in [6.07, 6.45) is 8.35. The highest BCUT2D eigenvalue weighted by atomic mass is 16.2. The average molecular weight is 341 g/mol. The van der Waals surface area contributed by atoms with Crippen LogP contribution in [-0.4, -0.2) is 60.9 Å². The molecular weight excluding hydrogens is 314 g/mol. The van der Waals surface area contributed by atoms with E-state index in [4.69, 9.17) is 0 Å². The van der Waals surface area contributed by atoms with Crippen molar-refractivity contribution in [3.05, 3.63) is 41.5 Å². The van der Waals surface area contributed by atoms with Gasteiger partial charge in [-0.1, -0.05) is 12.1 Å². The molecule has 0 unspecified atom stereocenters. The maximum Gasteiger partial charge on any atom is 0.251 e. The number of hydrogen-bond acceptors (Lipinski definition) is 3. The zero-order valence-electron chi connectivity index (χ0n) is 14.9. The number of amides is 2. The predicted octanol–water partition coefficient (Wildman–Crippen LogP) is 2.15. The highest BCUT2D eigenvalue weighted by Gasteiger charge is 2.28. The standard InChI is InChI=1S/C20H27N3O2/c1-21-20(25)17-9-6-16(7-10-17)8-11-19(24)23-14-4-5-18(15-23)22-12-2-3-13-22/h6-11,18H,2-5,12-15H2,1H3,(H,21,25)/b11-8-/t18-/m1/s1. The number of benzene rings is 1. The first kappa shape index (κ1) is 17.7. The molecule has 5 heteroatoms. The Kier molecular flexibility index (Phi) is 5.87. The first-order chi connectivity index (χ1) is 12.2. The molecule has 0 aromatic heterocycles. The molecular formula is C20H27N3O2. The number of hydrogen-bond donors (Lipinski definition) is 1. The molecule has 2 aliphatic heterocycles. The maximum absolute atomic E-state index is 12.5. The number of rotatable bonds is 4. The fourth-order valence-corrected chi connectivity index (χ4v) is 3.72. The third-order valence-electron chi connectivity index (χ3n) is 5.18. The SMILES string of the molecule is CNC(=O)c1ccc(/C=C\C(=O)N2CCC[C@@H](N3CCCC3)C2)cc1. The second-order valence-electron chi connectivity index (χ2n) is 6.86. The lowest BCUT2D eigenvalue weighted by Crippen LogP contribution is -2.48. The maximum atomic E-state index is 12.5. The Balaban J connectivity index is 1.57. The molecule has 1 aromatic rings. The minimum atomic E-state index is -0.104. The zero-order chi connectivity index (χ0) is 17.6. The first-order valence-electron chi connectivity index (χ1n) is 9.20. The molecule has 5 nitrogen and oxygen atoms in total. The number of carbonyl (C=O) groups excluding carboxylic acids is 2. The molecule has 2 amide bonds. The van der Waals surface area contributed by atoms with E-state index in [1.54, 1.807) is 25.3 Å². The molecule has 1 atom stereocenters. The summed E-state index contributed by atoms with van der Waals surface area (Å²) in [7, 11) is 1.61. The molecule has 0 aliphatic carbocycles. The van der Waals surface area contributed by atoms with Crippen molar-refractivity contribution in [1.82, 2.24) is 15.1 Å². The minimum absolute atomic E-state index is 0.0827. The van der Waals surface area contributed by atoms with E-state index in [9.17, 15) is 9.59 Å². The van der Waals surface area contributed by atoms with Crippen molar-refractivity contribution >= 4 is 17.9 Å². The first-order valence-corrected chi connectivity index (χ1v) is 9.20. The molecule has 0 saturated carbocycles. The molecule has 2 heterocycles. The largest absolute Gasteiger partial charge is 0.355 e.